The standard InChI is InChI=1S/C16H15N3O3S/c1-19-8-10(17)7-12(19)15(20)18-11-3-4-13-9(5-11)6-14(23-13)16(21)22-2/h3-8H,17H2,1-2H3,(H,18,20). The first-order chi connectivity index (χ1) is 11.0. The molecule has 2 aromatic heterocycles. The van der Waals surface area contributed by atoms with E-state index in [0.29, 0.717) is 21.9 Å². The highest BCUT2D eigenvalue weighted by Crippen LogP contribution is 2.28. The van der Waals surface area contributed by atoms with E-state index in [9.17, 15) is 9.59 Å². The maximum Gasteiger partial charge on any atom is 0.348 e. The molecule has 0 radical (unpaired) electrons. The van der Waals surface area contributed by atoms with Gasteiger partial charge in [-0.2, -0.15) is 0 Å². The number of nitrogens with zero attached hydrogens (tertiary/aromatic N) is 1. The second-order valence-corrected chi connectivity index (χ2v) is 6.16. The van der Waals surface area contributed by atoms with Crippen LogP contribution in [-0.4, -0.2) is 23.6 Å². The smallest absolute Gasteiger partial charge is 0.348 e. The monoisotopic (exact) mass is 329 g/mol. The summed E-state index contributed by atoms with van der Waals surface area (Å²) in [6, 6.07) is 8.85. The summed E-state index contributed by atoms with van der Waals surface area (Å²) in [4.78, 5) is 24.4. The first-order valence-electron chi connectivity index (χ1n) is 6.83. The van der Waals surface area contributed by atoms with E-state index in [4.69, 9.17) is 10.5 Å². The highest BCUT2D eigenvalue weighted by molar-refractivity contribution is 7.20. The van der Waals surface area contributed by atoms with Gasteiger partial charge in [0.2, 0.25) is 0 Å². The van der Waals surface area contributed by atoms with Gasteiger partial charge in [-0.25, -0.2) is 4.79 Å². The van der Waals surface area contributed by atoms with Gasteiger partial charge in [-0.1, -0.05) is 0 Å². The molecule has 0 atom stereocenters. The van der Waals surface area contributed by atoms with Crippen LogP contribution in [0.5, 0.6) is 0 Å². The third-order valence-electron chi connectivity index (χ3n) is 3.42. The molecule has 0 saturated carbocycles. The summed E-state index contributed by atoms with van der Waals surface area (Å²) in [7, 11) is 3.11. The molecule has 3 aromatic rings. The van der Waals surface area contributed by atoms with Crippen LogP contribution in [0.3, 0.4) is 0 Å². The number of fused-ring (bicyclic) bond motifs is 1. The van der Waals surface area contributed by atoms with Crippen LogP contribution in [0, 0.1) is 0 Å². The van der Waals surface area contributed by atoms with Crippen LogP contribution in [-0.2, 0) is 11.8 Å². The fourth-order valence-electron chi connectivity index (χ4n) is 2.33. The number of aromatic nitrogens is 1. The van der Waals surface area contributed by atoms with Crippen molar-refractivity contribution in [2.75, 3.05) is 18.2 Å². The molecule has 3 N–H and O–H groups in total. The van der Waals surface area contributed by atoms with Gasteiger partial charge in [0, 0.05) is 23.6 Å². The first kappa shape index (κ1) is 15.1. The molecular formula is C16H15N3O3S. The molecule has 6 nitrogen and oxygen atoms in total. The predicted octanol–water partition coefficient (Wildman–Crippen LogP) is 2.86. The number of thiophene rings is 1. The Balaban J connectivity index is 1.87. The number of nitrogens with two attached hydrogens (primary N) is 1. The van der Waals surface area contributed by atoms with Crippen LogP contribution in [0.4, 0.5) is 11.4 Å². The van der Waals surface area contributed by atoms with Crippen molar-refractivity contribution in [2.24, 2.45) is 7.05 Å². The molecule has 0 aliphatic carbocycles. The average molecular weight is 329 g/mol. The Kier molecular flexibility index (Phi) is 3.79. The summed E-state index contributed by atoms with van der Waals surface area (Å²) >= 11 is 1.35. The van der Waals surface area contributed by atoms with E-state index >= 15 is 0 Å². The minimum atomic E-state index is -0.365. The van der Waals surface area contributed by atoms with E-state index < -0.39 is 0 Å². The van der Waals surface area contributed by atoms with Gasteiger partial charge >= 0.3 is 5.97 Å². The molecule has 3 rings (SSSR count). The number of aryl methyl sites for hydroxylation is 1. The Morgan fingerprint density at radius 2 is 2.04 bits per heavy atom. The van der Waals surface area contributed by atoms with Gasteiger partial charge in [0.05, 0.1) is 12.8 Å². The molecule has 118 valence electrons. The number of esters is 1. The molecule has 23 heavy (non-hydrogen) atoms. The lowest BCUT2D eigenvalue weighted by atomic mass is 10.2. The number of rotatable bonds is 3. The van der Waals surface area contributed by atoms with Crippen molar-refractivity contribution in [3.05, 3.63) is 47.1 Å². The third-order valence-corrected chi connectivity index (χ3v) is 4.52. The molecule has 0 aliphatic rings. The van der Waals surface area contributed by atoms with Crippen molar-refractivity contribution in [3.8, 4) is 0 Å². The van der Waals surface area contributed by atoms with Gasteiger partial charge in [-0.05, 0) is 35.7 Å². The number of benzene rings is 1. The number of nitrogens with one attached hydrogen (secondary N) is 1. The van der Waals surface area contributed by atoms with Crippen LogP contribution in [0.15, 0.2) is 36.5 Å². The fourth-order valence-corrected chi connectivity index (χ4v) is 3.29. The van der Waals surface area contributed by atoms with E-state index in [-0.39, 0.29) is 11.9 Å². The lowest BCUT2D eigenvalue weighted by Gasteiger charge is -2.06. The number of carbonyl (C=O) groups is 2. The minimum Gasteiger partial charge on any atom is -0.465 e. The summed E-state index contributed by atoms with van der Waals surface area (Å²) in [5, 5.41) is 3.70. The first-order valence-corrected chi connectivity index (χ1v) is 7.64. The molecule has 1 aromatic carbocycles. The van der Waals surface area contributed by atoms with Gasteiger partial charge < -0.3 is 20.4 Å². The zero-order chi connectivity index (χ0) is 16.6. The Morgan fingerprint density at radius 3 is 2.70 bits per heavy atom. The van der Waals surface area contributed by atoms with Gasteiger partial charge in [-0.3, -0.25) is 4.79 Å². The van der Waals surface area contributed by atoms with E-state index in [1.54, 1.807) is 36.0 Å². The van der Waals surface area contributed by atoms with Crippen LogP contribution in [0.25, 0.3) is 10.1 Å². The maximum atomic E-state index is 12.3. The van der Waals surface area contributed by atoms with Crippen LogP contribution in [0.2, 0.25) is 0 Å². The van der Waals surface area contributed by atoms with Crippen LogP contribution in [0.1, 0.15) is 20.2 Å². The molecule has 0 unspecified atom stereocenters. The van der Waals surface area contributed by atoms with Crippen LogP contribution >= 0.6 is 11.3 Å². The number of methoxy groups -OCH3 is 1. The number of amides is 1. The normalized spacial score (nSPS) is 10.7. The number of nitrogen functional groups attached to an aromatic ring is 1. The largest absolute Gasteiger partial charge is 0.465 e. The SMILES string of the molecule is COC(=O)c1cc2cc(NC(=O)c3cc(N)cn3C)ccc2s1. The molecular weight excluding hydrogens is 314 g/mol. The summed E-state index contributed by atoms with van der Waals surface area (Å²) in [5.41, 5.74) is 7.35. The fraction of sp³-hybridized carbons (Fsp3) is 0.125. The van der Waals surface area contributed by atoms with E-state index in [0.717, 1.165) is 10.1 Å². The highest BCUT2D eigenvalue weighted by Gasteiger charge is 2.13. The maximum absolute atomic E-state index is 12.3. The van der Waals surface area contributed by atoms with E-state index in [1.807, 2.05) is 12.1 Å². The minimum absolute atomic E-state index is 0.244. The lowest BCUT2D eigenvalue weighted by molar-refractivity contribution is 0.0606. The highest BCUT2D eigenvalue weighted by atomic mass is 32.1. The topological polar surface area (TPSA) is 86.3 Å². The third kappa shape index (κ3) is 2.91. The Labute approximate surface area is 136 Å². The molecule has 7 heteroatoms. The second kappa shape index (κ2) is 5.77. The predicted molar refractivity (Wildman–Crippen MR) is 90.9 cm³/mol. The lowest BCUT2D eigenvalue weighted by Crippen LogP contribution is -2.15. The molecule has 0 spiro atoms. The number of carbonyl (C=O) groups excluding carboxylic acids is 2. The number of ether oxygens (including phenoxy) is 1. The zero-order valence-corrected chi connectivity index (χ0v) is 13.4. The van der Waals surface area contributed by atoms with Gasteiger partial charge in [0.15, 0.2) is 0 Å². The van der Waals surface area contributed by atoms with Crippen molar-refractivity contribution < 1.29 is 14.3 Å². The Bertz CT molecular complexity index is 911. The summed E-state index contributed by atoms with van der Waals surface area (Å²) in [6.45, 7) is 0. The average Bonchev–Trinajstić information content (AvgIpc) is 3.08. The van der Waals surface area contributed by atoms with E-state index in [1.165, 1.54) is 18.4 Å². The van der Waals surface area contributed by atoms with E-state index in [2.05, 4.69) is 5.32 Å². The van der Waals surface area contributed by atoms with Crippen molar-refractivity contribution in [1.82, 2.24) is 4.57 Å². The summed E-state index contributed by atoms with van der Waals surface area (Å²) in [5.74, 6) is -0.608. The number of hydrogen-bond donors (Lipinski definition) is 2. The number of anilines is 2. The van der Waals surface area contributed by atoms with Crippen molar-refractivity contribution in [3.63, 3.8) is 0 Å². The molecule has 0 fully saturated rings. The molecule has 1 amide bonds. The Hall–Kier alpha value is -2.80. The zero-order valence-electron chi connectivity index (χ0n) is 12.6. The summed E-state index contributed by atoms with van der Waals surface area (Å²) in [6.07, 6.45) is 1.68. The molecule has 0 saturated heterocycles. The van der Waals surface area contributed by atoms with Crippen LogP contribution < -0.4 is 11.1 Å². The van der Waals surface area contributed by atoms with Crippen molar-refractivity contribution >= 4 is 44.7 Å². The van der Waals surface area contributed by atoms with Gasteiger partial charge in [0.1, 0.15) is 10.6 Å². The van der Waals surface area contributed by atoms with Crippen molar-refractivity contribution in [2.45, 2.75) is 0 Å². The summed E-state index contributed by atoms with van der Waals surface area (Å²) < 4.78 is 7.34. The molecule has 0 bridgehead atoms. The molecule has 2 heterocycles. The quantitative estimate of drug-likeness (QED) is 0.723. The number of hydrogen-bond acceptors (Lipinski definition) is 5. The van der Waals surface area contributed by atoms with Gasteiger partial charge in [0.25, 0.3) is 5.91 Å². The Morgan fingerprint density at radius 1 is 1.26 bits per heavy atom. The second-order valence-electron chi connectivity index (χ2n) is 5.08. The van der Waals surface area contributed by atoms with Gasteiger partial charge in [-0.15, -0.1) is 11.3 Å². The molecule has 0 aliphatic heterocycles. The van der Waals surface area contributed by atoms with Crippen molar-refractivity contribution in [1.29, 1.82) is 0 Å².